The maximum Gasteiger partial charge on any atom is 0.336 e. The molecule has 2 atom stereocenters. The lowest BCUT2D eigenvalue weighted by atomic mass is 10.1. The van der Waals surface area contributed by atoms with E-state index in [0.29, 0.717) is 22.7 Å². The third-order valence-corrected chi connectivity index (χ3v) is 5.48. The molecule has 1 aliphatic rings. The van der Waals surface area contributed by atoms with Crippen molar-refractivity contribution in [3.63, 3.8) is 0 Å². The van der Waals surface area contributed by atoms with Gasteiger partial charge in [0.05, 0.1) is 25.1 Å². The number of ether oxygens (including phenoxy) is 2. The van der Waals surface area contributed by atoms with Crippen LogP contribution < -0.4 is 25.4 Å². The molecule has 0 radical (unpaired) electrons. The van der Waals surface area contributed by atoms with Crippen molar-refractivity contribution in [2.24, 2.45) is 0 Å². The second-order valence-electron chi connectivity index (χ2n) is 7.85. The molecule has 3 aromatic heterocycles. The average Bonchev–Trinajstić information content (AvgIpc) is 3.23. The number of aliphatic hydroxyl groups is 1. The van der Waals surface area contributed by atoms with Crippen molar-refractivity contribution in [2.45, 2.75) is 38.9 Å². The molecule has 11 nitrogen and oxygen atoms in total. The minimum absolute atomic E-state index is 0.0558. The highest BCUT2D eigenvalue weighted by Crippen LogP contribution is 2.31. The number of hydrogen-bond acceptors (Lipinski definition) is 10. The molecular weight excluding hydrogens is 412 g/mol. The van der Waals surface area contributed by atoms with Crippen LogP contribution in [0.5, 0.6) is 11.8 Å². The lowest BCUT2D eigenvalue weighted by Gasteiger charge is -2.29. The fourth-order valence-corrected chi connectivity index (χ4v) is 3.82. The molecule has 1 aliphatic heterocycles. The van der Waals surface area contributed by atoms with Gasteiger partial charge in [-0.2, -0.15) is 4.98 Å². The van der Waals surface area contributed by atoms with E-state index in [1.165, 1.54) is 10.7 Å². The van der Waals surface area contributed by atoms with Gasteiger partial charge in [-0.25, -0.2) is 14.5 Å². The predicted molar refractivity (Wildman–Crippen MR) is 120 cm³/mol. The zero-order valence-corrected chi connectivity index (χ0v) is 18.7. The van der Waals surface area contributed by atoms with Crippen LogP contribution in [0.2, 0.25) is 0 Å². The fourth-order valence-electron chi connectivity index (χ4n) is 3.82. The predicted octanol–water partition coefficient (Wildman–Crippen LogP) is 1.17. The van der Waals surface area contributed by atoms with Crippen molar-refractivity contribution >= 4 is 17.3 Å². The Morgan fingerprint density at radius 3 is 2.75 bits per heavy atom. The number of fused-ring (bicyclic) bond motifs is 1. The van der Waals surface area contributed by atoms with Gasteiger partial charge in [-0.3, -0.25) is 0 Å². The van der Waals surface area contributed by atoms with Crippen molar-refractivity contribution in [3.8, 4) is 11.8 Å². The fraction of sp³-hybridized carbons (Fsp3) is 0.524. The van der Waals surface area contributed by atoms with Crippen LogP contribution in [0.25, 0.3) is 5.65 Å². The van der Waals surface area contributed by atoms with Crippen molar-refractivity contribution in [1.82, 2.24) is 29.9 Å². The molecule has 4 N–H and O–H groups in total. The Kier molecular flexibility index (Phi) is 6.56. The second kappa shape index (κ2) is 9.53. The number of nitrogens with one attached hydrogen (secondary N) is 1. The molecule has 32 heavy (non-hydrogen) atoms. The molecule has 0 aromatic carbocycles. The summed E-state index contributed by atoms with van der Waals surface area (Å²) in [6, 6.07) is 1.94. The lowest BCUT2D eigenvalue weighted by Crippen LogP contribution is -2.44. The van der Waals surface area contributed by atoms with Crippen LogP contribution in [-0.4, -0.2) is 69.1 Å². The molecule has 1 saturated heterocycles. The third-order valence-electron chi connectivity index (χ3n) is 5.48. The third kappa shape index (κ3) is 4.39. The van der Waals surface area contributed by atoms with Crippen molar-refractivity contribution in [3.05, 3.63) is 29.7 Å². The van der Waals surface area contributed by atoms with Crippen LogP contribution in [0.4, 0.5) is 11.6 Å². The summed E-state index contributed by atoms with van der Waals surface area (Å²) in [6.07, 6.45) is 3.92. The summed E-state index contributed by atoms with van der Waals surface area (Å²) >= 11 is 0. The number of nitrogens with zero attached hydrogens (tertiary/aromatic N) is 6. The minimum Gasteiger partial charge on any atom is -0.493 e. The number of hydrogen-bond donors (Lipinski definition) is 3. The first kappa shape index (κ1) is 22.0. The van der Waals surface area contributed by atoms with Gasteiger partial charge >= 0.3 is 6.01 Å². The highest BCUT2D eigenvalue weighted by atomic mass is 16.5. The van der Waals surface area contributed by atoms with Crippen LogP contribution in [0.3, 0.4) is 0 Å². The smallest absolute Gasteiger partial charge is 0.336 e. The first-order valence-corrected chi connectivity index (χ1v) is 10.9. The van der Waals surface area contributed by atoms with E-state index >= 15 is 0 Å². The molecule has 0 saturated carbocycles. The Labute approximate surface area is 186 Å². The van der Waals surface area contributed by atoms with Crippen molar-refractivity contribution < 1.29 is 14.6 Å². The molecule has 11 heteroatoms. The Hall–Kier alpha value is -3.18. The van der Waals surface area contributed by atoms with Gasteiger partial charge < -0.3 is 30.5 Å². The van der Waals surface area contributed by atoms with Crippen LogP contribution >= 0.6 is 0 Å². The average molecular weight is 443 g/mol. The van der Waals surface area contributed by atoms with Gasteiger partial charge in [0.1, 0.15) is 6.10 Å². The number of aromatic nitrogens is 5. The van der Waals surface area contributed by atoms with Gasteiger partial charge in [-0.15, -0.1) is 5.10 Å². The van der Waals surface area contributed by atoms with E-state index < -0.39 is 6.10 Å². The van der Waals surface area contributed by atoms with Gasteiger partial charge in [0.2, 0.25) is 0 Å². The van der Waals surface area contributed by atoms with E-state index in [2.05, 4.69) is 37.2 Å². The quantitative estimate of drug-likeness (QED) is 0.466. The molecule has 0 aliphatic carbocycles. The maximum atomic E-state index is 11.1. The standard InChI is InChI=1S/C21H30N8O3/c1-4-5-13(2)32-21-26-18(22)20-25-12-15(29(20)27-21)17(30)14-10-16(31-3)19(24-11-14)28-8-6-23-7-9-28/h10-13,17,23,30H,4-9H2,1-3H3,(H2,22,26,27). The number of anilines is 2. The van der Waals surface area contributed by atoms with Crippen LogP contribution in [0, 0.1) is 0 Å². The number of pyridine rings is 1. The summed E-state index contributed by atoms with van der Waals surface area (Å²) < 4.78 is 12.8. The van der Waals surface area contributed by atoms with Gasteiger partial charge in [-0.1, -0.05) is 13.3 Å². The number of methoxy groups -OCH3 is 1. The van der Waals surface area contributed by atoms with Crippen molar-refractivity contribution in [2.75, 3.05) is 43.9 Å². The highest BCUT2D eigenvalue weighted by Gasteiger charge is 2.23. The molecule has 0 amide bonds. The number of nitrogens with two attached hydrogens (primary N) is 1. The van der Waals surface area contributed by atoms with Crippen LogP contribution in [-0.2, 0) is 0 Å². The minimum atomic E-state index is -1.04. The zero-order valence-electron chi connectivity index (χ0n) is 18.7. The summed E-state index contributed by atoms with van der Waals surface area (Å²) in [5.41, 5.74) is 7.41. The molecular formula is C21H30N8O3. The number of nitrogen functional groups attached to an aromatic ring is 1. The second-order valence-corrected chi connectivity index (χ2v) is 7.85. The Bertz CT molecular complexity index is 1070. The van der Waals surface area contributed by atoms with Crippen LogP contribution in [0.15, 0.2) is 18.5 Å². The highest BCUT2D eigenvalue weighted by molar-refractivity contribution is 5.60. The first-order valence-electron chi connectivity index (χ1n) is 10.9. The Balaban J connectivity index is 1.65. The van der Waals surface area contributed by atoms with Crippen molar-refractivity contribution in [1.29, 1.82) is 0 Å². The molecule has 4 heterocycles. The van der Waals surface area contributed by atoms with Gasteiger partial charge in [0.15, 0.2) is 23.0 Å². The molecule has 1 fully saturated rings. The number of piperazine rings is 1. The lowest BCUT2D eigenvalue weighted by molar-refractivity contribution is 0.187. The van der Waals surface area contributed by atoms with Gasteiger partial charge in [0, 0.05) is 37.9 Å². The largest absolute Gasteiger partial charge is 0.493 e. The number of imidazole rings is 1. The van der Waals surface area contributed by atoms with E-state index in [9.17, 15) is 5.11 Å². The molecule has 2 unspecified atom stereocenters. The molecule has 3 aromatic rings. The van der Waals surface area contributed by atoms with Gasteiger partial charge in [-0.05, 0) is 19.4 Å². The topological polar surface area (TPSA) is 136 Å². The molecule has 172 valence electrons. The maximum absolute atomic E-state index is 11.1. The van der Waals surface area contributed by atoms with E-state index in [0.717, 1.165) is 44.8 Å². The van der Waals surface area contributed by atoms with E-state index in [4.69, 9.17) is 15.2 Å². The van der Waals surface area contributed by atoms with E-state index in [1.807, 2.05) is 6.92 Å². The SMILES string of the molecule is CCCC(C)Oc1nc(N)c2ncc(C(O)c3cnc(N4CCNCC4)c(OC)c3)n2n1. The first-order chi connectivity index (χ1) is 15.5. The Morgan fingerprint density at radius 1 is 1.25 bits per heavy atom. The van der Waals surface area contributed by atoms with Gasteiger partial charge in [0.25, 0.3) is 0 Å². The van der Waals surface area contributed by atoms with E-state index in [1.54, 1.807) is 19.4 Å². The molecule has 0 bridgehead atoms. The summed E-state index contributed by atoms with van der Waals surface area (Å²) in [6.45, 7) is 7.49. The summed E-state index contributed by atoms with van der Waals surface area (Å²) in [7, 11) is 1.60. The zero-order chi connectivity index (χ0) is 22.7. The normalized spacial score (nSPS) is 16.2. The van der Waals surface area contributed by atoms with E-state index in [-0.39, 0.29) is 17.9 Å². The summed E-state index contributed by atoms with van der Waals surface area (Å²) in [4.78, 5) is 15.2. The van der Waals surface area contributed by atoms with Crippen LogP contribution in [0.1, 0.15) is 44.1 Å². The monoisotopic (exact) mass is 442 g/mol. The summed E-state index contributed by atoms with van der Waals surface area (Å²) in [5.74, 6) is 1.54. The summed E-state index contributed by atoms with van der Waals surface area (Å²) in [5, 5.41) is 18.9. The Morgan fingerprint density at radius 2 is 2.03 bits per heavy atom. The number of rotatable bonds is 8. The molecule has 4 rings (SSSR count). The molecule has 0 spiro atoms. The number of aliphatic hydroxyl groups excluding tert-OH is 1.